The fourth-order valence-electron chi connectivity index (χ4n) is 3.05. The lowest BCUT2D eigenvalue weighted by Gasteiger charge is -2.22. The lowest BCUT2D eigenvalue weighted by Crippen LogP contribution is -2.40. The number of ether oxygens (including phenoxy) is 1. The summed E-state index contributed by atoms with van der Waals surface area (Å²) >= 11 is 5.99. The summed E-state index contributed by atoms with van der Waals surface area (Å²) in [6.07, 6.45) is 0. The van der Waals surface area contributed by atoms with Gasteiger partial charge in [-0.05, 0) is 29.8 Å². The van der Waals surface area contributed by atoms with Crippen molar-refractivity contribution in [2.24, 2.45) is 0 Å². The van der Waals surface area contributed by atoms with Crippen molar-refractivity contribution in [3.05, 3.63) is 95.0 Å². The van der Waals surface area contributed by atoms with Crippen molar-refractivity contribution in [2.75, 3.05) is 13.7 Å². The Hall–Kier alpha value is -2.87. The van der Waals surface area contributed by atoms with E-state index in [4.69, 9.17) is 16.3 Å². The van der Waals surface area contributed by atoms with Crippen molar-refractivity contribution in [1.29, 1.82) is 0 Å². The first-order valence-corrected chi connectivity index (χ1v) is 11.4. The monoisotopic (exact) mass is 458 g/mol. The number of hydrogen-bond acceptors (Lipinski definition) is 4. The Bertz CT molecular complexity index is 1140. The van der Waals surface area contributed by atoms with Gasteiger partial charge in [0.1, 0.15) is 5.75 Å². The third-order valence-electron chi connectivity index (χ3n) is 4.62. The maximum atomic E-state index is 13.3. The second kappa shape index (κ2) is 10.4. The van der Waals surface area contributed by atoms with E-state index in [1.165, 1.54) is 12.1 Å². The number of para-hydroxylation sites is 1. The molecule has 1 N–H and O–H groups in total. The molecule has 0 saturated heterocycles. The van der Waals surface area contributed by atoms with Crippen molar-refractivity contribution in [2.45, 2.75) is 18.0 Å². The third kappa shape index (κ3) is 6.07. The van der Waals surface area contributed by atoms with Crippen LogP contribution in [0.1, 0.15) is 11.1 Å². The van der Waals surface area contributed by atoms with Gasteiger partial charge in [0, 0.05) is 23.7 Å². The van der Waals surface area contributed by atoms with E-state index in [0.29, 0.717) is 10.8 Å². The molecule has 31 heavy (non-hydrogen) atoms. The van der Waals surface area contributed by atoms with Crippen LogP contribution in [0.3, 0.4) is 0 Å². The zero-order chi connectivity index (χ0) is 22.3. The summed E-state index contributed by atoms with van der Waals surface area (Å²) < 4.78 is 33.0. The second-order valence-corrected chi connectivity index (χ2v) is 9.18. The van der Waals surface area contributed by atoms with Crippen molar-refractivity contribution in [3.63, 3.8) is 0 Å². The Labute approximate surface area is 187 Å². The minimum absolute atomic E-state index is 0.0356. The molecule has 0 aliphatic rings. The van der Waals surface area contributed by atoms with E-state index in [9.17, 15) is 13.2 Å². The molecular formula is C23H23ClN2O4S. The van der Waals surface area contributed by atoms with E-state index < -0.39 is 15.9 Å². The topological polar surface area (TPSA) is 75.7 Å². The minimum atomic E-state index is -3.95. The first kappa shape index (κ1) is 22.8. The van der Waals surface area contributed by atoms with E-state index >= 15 is 0 Å². The lowest BCUT2D eigenvalue weighted by molar-refractivity contribution is -0.121. The van der Waals surface area contributed by atoms with Gasteiger partial charge in [-0.2, -0.15) is 4.31 Å². The van der Waals surface area contributed by atoms with Gasteiger partial charge in [0.05, 0.1) is 18.6 Å². The molecule has 162 valence electrons. The summed E-state index contributed by atoms with van der Waals surface area (Å²) in [5.74, 6) is 0.225. The number of rotatable bonds is 9. The average molecular weight is 459 g/mol. The number of nitrogens with zero attached hydrogens (tertiary/aromatic N) is 1. The molecule has 0 saturated carbocycles. The fraction of sp³-hybridized carbons (Fsp3) is 0.174. The van der Waals surface area contributed by atoms with Crippen LogP contribution < -0.4 is 10.1 Å². The Kier molecular flexibility index (Phi) is 7.68. The first-order chi connectivity index (χ1) is 14.9. The largest absolute Gasteiger partial charge is 0.496 e. The molecule has 3 aromatic rings. The molecule has 0 aliphatic heterocycles. The molecule has 0 aliphatic carbocycles. The second-order valence-electron chi connectivity index (χ2n) is 6.80. The molecule has 8 heteroatoms. The van der Waals surface area contributed by atoms with Crippen LogP contribution in [0.25, 0.3) is 0 Å². The van der Waals surface area contributed by atoms with Gasteiger partial charge < -0.3 is 10.1 Å². The SMILES string of the molecule is COc1ccccc1CNC(=O)CN(Cc1ccccc1)S(=O)(=O)c1cccc(Cl)c1. The third-order valence-corrected chi connectivity index (χ3v) is 6.65. The van der Waals surface area contributed by atoms with Crippen LogP contribution in [0.15, 0.2) is 83.8 Å². The van der Waals surface area contributed by atoms with Gasteiger partial charge in [0.25, 0.3) is 0 Å². The van der Waals surface area contributed by atoms with Crippen LogP contribution in [0.4, 0.5) is 0 Å². The molecule has 0 radical (unpaired) electrons. The molecule has 3 rings (SSSR count). The minimum Gasteiger partial charge on any atom is -0.496 e. The normalized spacial score (nSPS) is 11.3. The number of halogens is 1. The predicted molar refractivity (Wildman–Crippen MR) is 120 cm³/mol. The predicted octanol–water partition coefficient (Wildman–Crippen LogP) is 3.86. The zero-order valence-electron chi connectivity index (χ0n) is 17.0. The van der Waals surface area contributed by atoms with E-state index in [0.717, 1.165) is 15.4 Å². The number of carbonyl (C=O) groups is 1. The van der Waals surface area contributed by atoms with Crippen molar-refractivity contribution in [1.82, 2.24) is 9.62 Å². The quantitative estimate of drug-likeness (QED) is 0.528. The zero-order valence-corrected chi connectivity index (χ0v) is 18.6. The Balaban J connectivity index is 1.80. The van der Waals surface area contributed by atoms with Crippen LogP contribution in [0.5, 0.6) is 5.75 Å². The summed E-state index contributed by atoms with van der Waals surface area (Å²) in [6, 6.07) is 22.4. The van der Waals surface area contributed by atoms with Gasteiger partial charge in [0.2, 0.25) is 15.9 Å². The van der Waals surface area contributed by atoms with E-state index in [2.05, 4.69) is 5.32 Å². The van der Waals surface area contributed by atoms with E-state index in [1.807, 2.05) is 48.5 Å². The highest BCUT2D eigenvalue weighted by Crippen LogP contribution is 2.22. The molecule has 0 atom stereocenters. The number of nitrogens with one attached hydrogen (secondary N) is 1. The number of hydrogen-bond donors (Lipinski definition) is 1. The summed E-state index contributed by atoms with van der Waals surface area (Å²) in [7, 11) is -2.39. The molecule has 0 spiro atoms. The van der Waals surface area contributed by atoms with E-state index in [-0.39, 0.29) is 24.5 Å². The standard InChI is InChI=1S/C23H23ClN2O4S/c1-30-22-13-6-5-10-19(22)15-25-23(27)17-26(16-18-8-3-2-4-9-18)31(28,29)21-12-7-11-20(24)14-21/h2-14H,15-17H2,1H3,(H,25,27). The first-order valence-electron chi connectivity index (χ1n) is 9.58. The summed E-state index contributed by atoms with van der Waals surface area (Å²) in [5.41, 5.74) is 1.57. The van der Waals surface area contributed by atoms with Crippen LogP contribution in [-0.4, -0.2) is 32.3 Å². The highest BCUT2D eigenvalue weighted by atomic mass is 35.5. The van der Waals surface area contributed by atoms with Gasteiger partial charge in [-0.1, -0.05) is 66.2 Å². The summed E-state index contributed by atoms with van der Waals surface area (Å²) in [5, 5.41) is 3.08. The molecule has 0 aromatic heterocycles. The molecule has 0 bridgehead atoms. The van der Waals surface area contributed by atoms with Crippen LogP contribution >= 0.6 is 11.6 Å². The molecule has 3 aromatic carbocycles. The van der Waals surface area contributed by atoms with Crippen molar-refractivity contribution in [3.8, 4) is 5.75 Å². The van der Waals surface area contributed by atoms with Crippen LogP contribution in [0, 0.1) is 0 Å². The van der Waals surface area contributed by atoms with Crippen molar-refractivity contribution < 1.29 is 17.9 Å². The van der Waals surface area contributed by atoms with Crippen LogP contribution in [0.2, 0.25) is 5.02 Å². The summed E-state index contributed by atoms with van der Waals surface area (Å²) in [6.45, 7) is -0.0596. The van der Waals surface area contributed by atoms with Crippen molar-refractivity contribution >= 4 is 27.5 Å². The highest BCUT2D eigenvalue weighted by molar-refractivity contribution is 7.89. The van der Waals surface area contributed by atoms with Gasteiger partial charge in [-0.15, -0.1) is 0 Å². The number of methoxy groups -OCH3 is 1. The van der Waals surface area contributed by atoms with Gasteiger partial charge in [0.15, 0.2) is 0 Å². The molecule has 6 nitrogen and oxygen atoms in total. The maximum absolute atomic E-state index is 13.3. The van der Waals surface area contributed by atoms with Gasteiger partial charge in [-0.3, -0.25) is 4.79 Å². The summed E-state index contributed by atoms with van der Waals surface area (Å²) in [4.78, 5) is 12.7. The molecule has 0 heterocycles. The molecule has 0 fully saturated rings. The van der Waals surface area contributed by atoms with Crippen LogP contribution in [-0.2, 0) is 27.9 Å². The Morgan fingerprint density at radius 2 is 1.71 bits per heavy atom. The highest BCUT2D eigenvalue weighted by Gasteiger charge is 2.27. The number of sulfonamides is 1. The number of benzene rings is 3. The number of amides is 1. The van der Waals surface area contributed by atoms with Gasteiger partial charge in [-0.25, -0.2) is 8.42 Å². The van der Waals surface area contributed by atoms with E-state index in [1.54, 1.807) is 25.3 Å². The molecular weight excluding hydrogens is 436 g/mol. The fourth-order valence-corrected chi connectivity index (χ4v) is 4.73. The molecule has 0 unspecified atom stereocenters. The average Bonchev–Trinajstić information content (AvgIpc) is 2.78. The van der Waals surface area contributed by atoms with Gasteiger partial charge >= 0.3 is 0 Å². The lowest BCUT2D eigenvalue weighted by atomic mass is 10.2. The Morgan fingerprint density at radius 3 is 2.42 bits per heavy atom. The smallest absolute Gasteiger partial charge is 0.243 e. The number of carbonyl (C=O) groups excluding carboxylic acids is 1. The Morgan fingerprint density at radius 1 is 1.00 bits per heavy atom. The maximum Gasteiger partial charge on any atom is 0.243 e. The molecule has 1 amide bonds.